The minimum atomic E-state index is -0.388. The van der Waals surface area contributed by atoms with E-state index in [1.807, 2.05) is 0 Å². The normalized spacial score (nSPS) is 28.0. The van der Waals surface area contributed by atoms with Gasteiger partial charge < -0.3 is 21.3 Å². The zero-order valence-corrected chi connectivity index (χ0v) is 9.60. The maximum Gasteiger partial charge on any atom is 0.167 e. The second-order valence-electron chi connectivity index (χ2n) is 4.31. The number of imidazole rings is 1. The lowest BCUT2D eigenvalue weighted by molar-refractivity contribution is -0.0239. The number of hydrogen-bond acceptors (Lipinski definition) is 7. The van der Waals surface area contributed by atoms with Gasteiger partial charge in [0.05, 0.1) is 25.1 Å². The van der Waals surface area contributed by atoms with Crippen molar-refractivity contribution >= 4 is 17.0 Å². The van der Waals surface area contributed by atoms with E-state index in [1.54, 1.807) is 10.9 Å². The molecule has 0 saturated carbocycles. The second kappa shape index (κ2) is 4.16. The predicted molar refractivity (Wildman–Crippen MR) is 63.3 cm³/mol. The zero-order chi connectivity index (χ0) is 12.7. The molecule has 3 rings (SSSR count). The van der Waals surface area contributed by atoms with E-state index in [2.05, 4.69) is 15.0 Å². The molecular weight excluding hydrogens is 236 g/mol. The number of aromatic nitrogens is 4. The number of ether oxygens (including phenoxy) is 1. The molecule has 3 atom stereocenters. The highest BCUT2D eigenvalue weighted by Crippen LogP contribution is 2.29. The van der Waals surface area contributed by atoms with E-state index in [9.17, 15) is 0 Å². The maximum atomic E-state index is 9.11. The topological polar surface area (TPSA) is 125 Å². The van der Waals surface area contributed by atoms with Crippen molar-refractivity contribution < 1.29 is 9.84 Å². The third-order valence-electron chi connectivity index (χ3n) is 3.10. The standard InChI is InChI=1S/C10H14N6O2/c11-6-1-5(2-17)18-10(6)16-4-15-7-8(12)13-3-14-9(7)16/h3-6,10,17H,1-2,11H2,(H2,12,13,14)/t5-,6?,10+/m0/s1. The van der Waals surface area contributed by atoms with E-state index >= 15 is 0 Å². The molecule has 8 nitrogen and oxygen atoms in total. The number of nitrogens with zero attached hydrogens (tertiary/aromatic N) is 4. The maximum absolute atomic E-state index is 9.11. The molecule has 1 saturated heterocycles. The monoisotopic (exact) mass is 250 g/mol. The summed E-state index contributed by atoms with van der Waals surface area (Å²) in [6.45, 7) is -0.0477. The summed E-state index contributed by atoms with van der Waals surface area (Å²) in [5, 5.41) is 9.11. The molecule has 1 fully saturated rings. The Morgan fingerprint density at radius 1 is 1.44 bits per heavy atom. The van der Waals surface area contributed by atoms with Crippen molar-refractivity contribution in [3.05, 3.63) is 12.7 Å². The zero-order valence-electron chi connectivity index (χ0n) is 9.60. The fraction of sp³-hybridized carbons (Fsp3) is 0.500. The summed E-state index contributed by atoms with van der Waals surface area (Å²) in [6.07, 6.45) is 2.92. The summed E-state index contributed by atoms with van der Waals surface area (Å²) < 4.78 is 7.39. The summed E-state index contributed by atoms with van der Waals surface area (Å²) in [6, 6.07) is -0.212. The third kappa shape index (κ3) is 1.62. The molecule has 5 N–H and O–H groups in total. The molecule has 0 spiro atoms. The number of aliphatic hydroxyl groups excluding tert-OH is 1. The van der Waals surface area contributed by atoms with Crippen LogP contribution in [0.2, 0.25) is 0 Å². The first-order chi connectivity index (χ1) is 8.70. The van der Waals surface area contributed by atoms with Crippen LogP contribution in [0, 0.1) is 0 Å². The highest BCUT2D eigenvalue weighted by molar-refractivity contribution is 5.81. The number of nitrogens with two attached hydrogens (primary N) is 2. The van der Waals surface area contributed by atoms with Gasteiger partial charge in [-0.1, -0.05) is 0 Å². The Morgan fingerprint density at radius 3 is 3.00 bits per heavy atom. The first-order valence-electron chi connectivity index (χ1n) is 5.65. The van der Waals surface area contributed by atoms with Gasteiger partial charge in [-0.05, 0) is 6.42 Å². The molecule has 18 heavy (non-hydrogen) atoms. The molecule has 0 aliphatic carbocycles. The highest BCUT2D eigenvalue weighted by atomic mass is 16.5. The van der Waals surface area contributed by atoms with E-state index in [0.29, 0.717) is 23.4 Å². The lowest BCUT2D eigenvalue weighted by atomic mass is 10.2. The largest absolute Gasteiger partial charge is 0.394 e. The minimum Gasteiger partial charge on any atom is -0.394 e. The second-order valence-corrected chi connectivity index (χ2v) is 4.31. The SMILES string of the molecule is Nc1ncnc2c1ncn2[C@@H]1O[C@H](CO)CC1N. The van der Waals surface area contributed by atoms with E-state index < -0.39 is 0 Å². The Morgan fingerprint density at radius 2 is 2.28 bits per heavy atom. The number of hydrogen-bond donors (Lipinski definition) is 3. The van der Waals surface area contributed by atoms with Gasteiger partial charge in [0.1, 0.15) is 11.8 Å². The van der Waals surface area contributed by atoms with Crippen molar-refractivity contribution in [2.75, 3.05) is 12.3 Å². The predicted octanol–water partition coefficient (Wildman–Crippen LogP) is -0.984. The Hall–Kier alpha value is -1.77. The number of anilines is 1. The molecule has 2 aromatic heterocycles. The lowest BCUT2D eigenvalue weighted by Crippen LogP contribution is -2.27. The molecule has 8 heteroatoms. The molecule has 96 valence electrons. The van der Waals surface area contributed by atoms with Gasteiger partial charge in [0.2, 0.25) is 0 Å². The molecule has 1 aliphatic rings. The molecule has 1 unspecified atom stereocenters. The van der Waals surface area contributed by atoms with Crippen LogP contribution in [0.1, 0.15) is 12.6 Å². The molecule has 3 heterocycles. The fourth-order valence-electron chi connectivity index (χ4n) is 2.22. The first kappa shape index (κ1) is 11.3. The van der Waals surface area contributed by atoms with Crippen molar-refractivity contribution in [3.63, 3.8) is 0 Å². The summed E-state index contributed by atoms with van der Waals surface area (Å²) >= 11 is 0. The van der Waals surface area contributed by atoms with E-state index in [1.165, 1.54) is 6.33 Å². The van der Waals surface area contributed by atoms with E-state index in [0.717, 1.165) is 0 Å². The smallest absolute Gasteiger partial charge is 0.167 e. The van der Waals surface area contributed by atoms with E-state index in [-0.39, 0.29) is 25.0 Å². The Balaban J connectivity index is 2.02. The van der Waals surface area contributed by atoms with Crippen molar-refractivity contribution in [2.24, 2.45) is 5.73 Å². The van der Waals surface area contributed by atoms with Gasteiger partial charge in [0.25, 0.3) is 0 Å². The molecule has 0 bridgehead atoms. The van der Waals surface area contributed by atoms with Crippen LogP contribution in [-0.4, -0.2) is 43.4 Å². The average molecular weight is 250 g/mol. The van der Waals surface area contributed by atoms with Gasteiger partial charge >= 0.3 is 0 Å². The minimum absolute atomic E-state index is 0.0477. The molecule has 0 radical (unpaired) electrons. The molecule has 0 amide bonds. The average Bonchev–Trinajstić information content (AvgIpc) is 2.93. The number of rotatable bonds is 2. The van der Waals surface area contributed by atoms with Crippen molar-refractivity contribution in [1.82, 2.24) is 19.5 Å². The first-order valence-corrected chi connectivity index (χ1v) is 5.65. The Labute approximate surface area is 103 Å². The quantitative estimate of drug-likeness (QED) is 0.625. The van der Waals surface area contributed by atoms with Crippen LogP contribution in [0.4, 0.5) is 5.82 Å². The summed E-state index contributed by atoms with van der Waals surface area (Å²) in [5.41, 5.74) is 12.8. The summed E-state index contributed by atoms with van der Waals surface area (Å²) in [5.74, 6) is 0.323. The van der Waals surface area contributed by atoms with Crippen LogP contribution in [-0.2, 0) is 4.74 Å². The number of nitrogen functional groups attached to an aromatic ring is 1. The van der Waals surface area contributed by atoms with Crippen LogP contribution < -0.4 is 11.5 Å². The highest BCUT2D eigenvalue weighted by Gasteiger charge is 2.34. The van der Waals surface area contributed by atoms with Gasteiger partial charge in [-0.25, -0.2) is 15.0 Å². The van der Waals surface area contributed by atoms with Gasteiger partial charge in [-0.3, -0.25) is 4.57 Å². The van der Waals surface area contributed by atoms with Gasteiger partial charge in [0, 0.05) is 0 Å². The summed E-state index contributed by atoms with van der Waals surface area (Å²) in [4.78, 5) is 12.2. The lowest BCUT2D eigenvalue weighted by Gasteiger charge is -2.16. The van der Waals surface area contributed by atoms with E-state index in [4.69, 9.17) is 21.3 Å². The van der Waals surface area contributed by atoms with Crippen molar-refractivity contribution in [2.45, 2.75) is 24.8 Å². The fourth-order valence-corrected chi connectivity index (χ4v) is 2.22. The van der Waals surface area contributed by atoms with Crippen LogP contribution in [0.3, 0.4) is 0 Å². The summed E-state index contributed by atoms with van der Waals surface area (Å²) in [7, 11) is 0. The molecule has 0 aromatic carbocycles. The van der Waals surface area contributed by atoms with Gasteiger partial charge in [-0.15, -0.1) is 0 Å². The van der Waals surface area contributed by atoms with Crippen LogP contribution in [0.25, 0.3) is 11.2 Å². The van der Waals surface area contributed by atoms with Crippen LogP contribution >= 0.6 is 0 Å². The Bertz CT molecular complexity index is 570. The van der Waals surface area contributed by atoms with Crippen LogP contribution in [0.5, 0.6) is 0 Å². The van der Waals surface area contributed by atoms with Gasteiger partial charge in [-0.2, -0.15) is 0 Å². The van der Waals surface area contributed by atoms with Crippen molar-refractivity contribution in [1.29, 1.82) is 0 Å². The van der Waals surface area contributed by atoms with Crippen molar-refractivity contribution in [3.8, 4) is 0 Å². The molecule has 1 aliphatic heterocycles. The molecular formula is C10H14N6O2. The van der Waals surface area contributed by atoms with Gasteiger partial charge in [0.15, 0.2) is 17.7 Å². The van der Waals surface area contributed by atoms with Crippen LogP contribution in [0.15, 0.2) is 12.7 Å². The Kier molecular flexibility index (Phi) is 2.62. The number of fused-ring (bicyclic) bond motifs is 1. The molecule has 2 aromatic rings. The number of aliphatic hydroxyl groups is 1. The third-order valence-corrected chi connectivity index (χ3v) is 3.10.